The number of thiocarbonyl (C=S) groups is 1. The third-order valence-electron chi connectivity index (χ3n) is 4.05. The molecule has 0 saturated carbocycles. The second kappa shape index (κ2) is 7.51. The van der Waals surface area contributed by atoms with Crippen molar-refractivity contribution in [3.05, 3.63) is 48.0 Å². The molecular weight excluding hydrogens is 372 g/mol. The monoisotopic (exact) mass is 392 g/mol. The SMILES string of the molecule is CC[C@H](NC(=S)Nc1ccc2c(c1)OCO2)c1ccc(S(C)(=O)=O)cc1. The Kier molecular flexibility index (Phi) is 5.33. The third-order valence-corrected chi connectivity index (χ3v) is 5.40. The number of hydrogen-bond acceptors (Lipinski definition) is 5. The summed E-state index contributed by atoms with van der Waals surface area (Å²) in [5, 5.41) is 6.86. The zero-order valence-electron chi connectivity index (χ0n) is 14.5. The molecule has 3 rings (SSSR count). The van der Waals surface area contributed by atoms with Gasteiger partial charge in [-0.3, -0.25) is 0 Å². The van der Waals surface area contributed by atoms with E-state index in [2.05, 4.69) is 10.6 Å². The van der Waals surface area contributed by atoms with E-state index < -0.39 is 9.84 Å². The molecule has 8 heteroatoms. The zero-order chi connectivity index (χ0) is 18.7. The van der Waals surface area contributed by atoms with Gasteiger partial charge < -0.3 is 20.1 Å². The van der Waals surface area contributed by atoms with Gasteiger partial charge >= 0.3 is 0 Å². The number of hydrogen-bond donors (Lipinski definition) is 2. The summed E-state index contributed by atoms with van der Waals surface area (Å²) in [6.45, 7) is 2.26. The Bertz CT molecular complexity index is 911. The summed E-state index contributed by atoms with van der Waals surface area (Å²) in [5.74, 6) is 1.40. The van der Waals surface area contributed by atoms with E-state index in [0.717, 1.165) is 17.7 Å². The lowest BCUT2D eigenvalue weighted by atomic mass is 10.1. The molecule has 0 saturated heterocycles. The van der Waals surface area contributed by atoms with Crippen molar-refractivity contribution >= 4 is 32.9 Å². The molecule has 26 heavy (non-hydrogen) atoms. The van der Waals surface area contributed by atoms with Gasteiger partial charge in [-0.1, -0.05) is 19.1 Å². The number of benzene rings is 2. The first-order valence-electron chi connectivity index (χ1n) is 8.14. The van der Waals surface area contributed by atoms with Crippen LogP contribution in [0.5, 0.6) is 11.5 Å². The Labute approximate surface area is 158 Å². The maximum Gasteiger partial charge on any atom is 0.231 e. The summed E-state index contributed by atoms with van der Waals surface area (Å²) < 4.78 is 33.8. The van der Waals surface area contributed by atoms with Crippen molar-refractivity contribution in [1.82, 2.24) is 5.32 Å². The van der Waals surface area contributed by atoms with Crippen LogP contribution in [0.4, 0.5) is 5.69 Å². The Morgan fingerprint density at radius 2 is 1.85 bits per heavy atom. The van der Waals surface area contributed by atoms with Gasteiger partial charge in [-0.25, -0.2) is 8.42 Å². The van der Waals surface area contributed by atoms with Crippen molar-refractivity contribution in [3.63, 3.8) is 0 Å². The number of rotatable bonds is 5. The van der Waals surface area contributed by atoms with E-state index in [1.807, 2.05) is 25.1 Å². The Balaban J connectivity index is 1.66. The lowest BCUT2D eigenvalue weighted by Crippen LogP contribution is -2.32. The summed E-state index contributed by atoms with van der Waals surface area (Å²) in [4.78, 5) is 0.303. The molecule has 1 aliphatic rings. The molecule has 0 spiro atoms. The van der Waals surface area contributed by atoms with Crippen LogP contribution >= 0.6 is 12.2 Å². The minimum atomic E-state index is -3.20. The van der Waals surface area contributed by atoms with Crippen LogP contribution in [0, 0.1) is 0 Å². The number of fused-ring (bicyclic) bond motifs is 1. The normalized spacial score (nSPS) is 13.9. The van der Waals surface area contributed by atoms with Gasteiger partial charge in [0.2, 0.25) is 6.79 Å². The molecule has 1 atom stereocenters. The van der Waals surface area contributed by atoms with Crippen molar-refractivity contribution in [2.45, 2.75) is 24.3 Å². The van der Waals surface area contributed by atoms with E-state index in [9.17, 15) is 8.42 Å². The molecule has 0 amide bonds. The standard InChI is InChI=1S/C18H20N2O4S2/c1-3-15(12-4-7-14(8-5-12)26(2,21)22)20-18(25)19-13-6-9-16-17(10-13)24-11-23-16/h4-10,15H,3,11H2,1-2H3,(H2,19,20,25)/t15-/m0/s1. The quantitative estimate of drug-likeness (QED) is 0.757. The van der Waals surface area contributed by atoms with E-state index in [0.29, 0.717) is 21.5 Å². The van der Waals surface area contributed by atoms with E-state index in [-0.39, 0.29) is 12.8 Å². The zero-order valence-corrected chi connectivity index (χ0v) is 16.1. The first-order valence-corrected chi connectivity index (χ1v) is 10.4. The highest BCUT2D eigenvalue weighted by atomic mass is 32.2. The fraction of sp³-hybridized carbons (Fsp3) is 0.278. The molecule has 1 aliphatic heterocycles. The van der Waals surface area contributed by atoms with Crippen LogP contribution in [0.25, 0.3) is 0 Å². The van der Waals surface area contributed by atoms with Crippen LogP contribution in [-0.4, -0.2) is 26.6 Å². The van der Waals surface area contributed by atoms with Crippen LogP contribution < -0.4 is 20.1 Å². The first-order chi connectivity index (χ1) is 12.4. The van der Waals surface area contributed by atoms with Crippen molar-refractivity contribution in [3.8, 4) is 11.5 Å². The first kappa shape index (κ1) is 18.5. The lowest BCUT2D eigenvalue weighted by molar-refractivity contribution is 0.174. The molecule has 0 unspecified atom stereocenters. The number of ether oxygens (including phenoxy) is 2. The molecule has 2 N–H and O–H groups in total. The average Bonchev–Trinajstić information content (AvgIpc) is 3.07. The van der Waals surface area contributed by atoms with Gasteiger partial charge in [0.05, 0.1) is 10.9 Å². The molecule has 0 aliphatic carbocycles. The van der Waals surface area contributed by atoms with Gasteiger partial charge in [0.1, 0.15) is 0 Å². The van der Waals surface area contributed by atoms with Crippen LogP contribution in [0.2, 0.25) is 0 Å². The predicted octanol–water partition coefficient (Wildman–Crippen LogP) is 3.26. The molecule has 0 bridgehead atoms. The smallest absolute Gasteiger partial charge is 0.231 e. The fourth-order valence-corrected chi connectivity index (χ4v) is 3.56. The predicted molar refractivity (Wildman–Crippen MR) is 105 cm³/mol. The second-order valence-electron chi connectivity index (χ2n) is 5.97. The maximum absolute atomic E-state index is 11.6. The fourth-order valence-electron chi connectivity index (χ4n) is 2.67. The minimum absolute atomic E-state index is 0.0300. The van der Waals surface area contributed by atoms with Crippen LogP contribution in [0.15, 0.2) is 47.4 Å². The molecule has 0 radical (unpaired) electrons. The van der Waals surface area contributed by atoms with Crippen LogP contribution in [0.3, 0.4) is 0 Å². The van der Waals surface area contributed by atoms with Crippen molar-refractivity contribution < 1.29 is 17.9 Å². The van der Waals surface area contributed by atoms with Gasteiger partial charge in [-0.2, -0.15) is 0 Å². The molecule has 1 heterocycles. The summed E-state index contributed by atoms with van der Waals surface area (Å²) in [6.07, 6.45) is 1.99. The largest absolute Gasteiger partial charge is 0.454 e. The van der Waals surface area contributed by atoms with Gasteiger partial charge in [-0.05, 0) is 48.5 Å². The minimum Gasteiger partial charge on any atom is -0.454 e. The Hall–Kier alpha value is -2.32. The lowest BCUT2D eigenvalue weighted by Gasteiger charge is -2.20. The van der Waals surface area contributed by atoms with Crippen LogP contribution in [-0.2, 0) is 9.84 Å². The number of sulfone groups is 1. The highest BCUT2D eigenvalue weighted by Crippen LogP contribution is 2.34. The van der Waals surface area contributed by atoms with Gasteiger partial charge in [0.25, 0.3) is 0 Å². The average molecular weight is 393 g/mol. The molecule has 6 nitrogen and oxygen atoms in total. The van der Waals surface area contributed by atoms with Gasteiger partial charge in [-0.15, -0.1) is 0 Å². The topological polar surface area (TPSA) is 76.7 Å². The van der Waals surface area contributed by atoms with E-state index >= 15 is 0 Å². The molecular formula is C18H20N2O4S2. The maximum atomic E-state index is 11.6. The highest BCUT2D eigenvalue weighted by Gasteiger charge is 2.15. The molecule has 2 aromatic carbocycles. The summed E-state index contributed by atoms with van der Waals surface area (Å²) >= 11 is 5.40. The highest BCUT2D eigenvalue weighted by molar-refractivity contribution is 7.90. The second-order valence-corrected chi connectivity index (χ2v) is 8.39. The molecule has 2 aromatic rings. The molecule has 0 fully saturated rings. The number of nitrogens with one attached hydrogen (secondary N) is 2. The van der Waals surface area contributed by atoms with Gasteiger partial charge in [0.15, 0.2) is 26.4 Å². The van der Waals surface area contributed by atoms with E-state index in [1.54, 1.807) is 24.3 Å². The van der Waals surface area contributed by atoms with E-state index in [4.69, 9.17) is 21.7 Å². The van der Waals surface area contributed by atoms with Crippen molar-refractivity contribution in [2.24, 2.45) is 0 Å². The summed E-state index contributed by atoms with van der Waals surface area (Å²) in [6, 6.07) is 12.3. The van der Waals surface area contributed by atoms with Gasteiger partial charge in [0, 0.05) is 18.0 Å². The third kappa shape index (κ3) is 4.25. The van der Waals surface area contributed by atoms with E-state index in [1.165, 1.54) is 6.26 Å². The Morgan fingerprint density at radius 1 is 1.15 bits per heavy atom. The van der Waals surface area contributed by atoms with Crippen LogP contribution in [0.1, 0.15) is 24.9 Å². The Morgan fingerprint density at radius 3 is 2.50 bits per heavy atom. The molecule has 138 valence electrons. The molecule has 0 aromatic heterocycles. The number of anilines is 1. The summed E-state index contributed by atoms with van der Waals surface area (Å²) in [5.41, 5.74) is 1.77. The van der Waals surface area contributed by atoms with Crippen molar-refractivity contribution in [2.75, 3.05) is 18.4 Å². The van der Waals surface area contributed by atoms with Crippen molar-refractivity contribution in [1.29, 1.82) is 0 Å². The summed E-state index contributed by atoms with van der Waals surface area (Å²) in [7, 11) is -3.20.